The fourth-order valence-corrected chi connectivity index (χ4v) is 4.74. The summed E-state index contributed by atoms with van der Waals surface area (Å²) >= 11 is 0. The Bertz CT molecular complexity index is 663. The lowest BCUT2D eigenvalue weighted by molar-refractivity contribution is 0.0799. The van der Waals surface area contributed by atoms with Crippen LogP contribution in [-0.2, 0) is 13.1 Å². The molecule has 3 atom stereocenters. The number of likely N-dealkylation sites (tertiary alicyclic amines) is 1. The molecule has 0 N–H and O–H groups in total. The van der Waals surface area contributed by atoms with Gasteiger partial charge in [-0.2, -0.15) is 0 Å². The number of hydrogen-bond donors (Lipinski definition) is 0. The lowest BCUT2D eigenvalue weighted by atomic mass is 9.86. The molecule has 2 bridgehead atoms. The molecule has 1 aromatic heterocycles. The summed E-state index contributed by atoms with van der Waals surface area (Å²) in [7, 11) is 0. The highest BCUT2D eigenvalue weighted by Crippen LogP contribution is 2.47. The Labute approximate surface area is 138 Å². The topological polar surface area (TPSA) is 34.0 Å². The van der Waals surface area contributed by atoms with Crippen molar-refractivity contribution in [2.75, 3.05) is 6.54 Å². The number of aromatic nitrogens is 3. The number of piperidine rings is 1. The molecule has 23 heavy (non-hydrogen) atoms. The van der Waals surface area contributed by atoms with E-state index in [4.69, 9.17) is 0 Å². The van der Waals surface area contributed by atoms with Crippen molar-refractivity contribution in [3.05, 3.63) is 47.5 Å². The molecule has 0 radical (unpaired) electrons. The van der Waals surface area contributed by atoms with Crippen LogP contribution in [0.2, 0.25) is 0 Å². The van der Waals surface area contributed by atoms with Crippen molar-refractivity contribution in [2.24, 2.45) is 11.8 Å². The summed E-state index contributed by atoms with van der Waals surface area (Å²) in [6.07, 6.45) is 4.17. The van der Waals surface area contributed by atoms with Gasteiger partial charge in [-0.1, -0.05) is 30.3 Å². The summed E-state index contributed by atoms with van der Waals surface area (Å²) < 4.78 is 2.25. The van der Waals surface area contributed by atoms with Crippen LogP contribution in [0.1, 0.15) is 49.4 Å². The second-order valence-electron chi connectivity index (χ2n) is 7.13. The van der Waals surface area contributed by atoms with Crippen molar-refractivity contribution < 1.29 is 0 Å². The van der Waals surface area contributed by atoms with Gasteiger partial charge in [-0.25, -0.2) is 0 Å². The van der Waals surface area contributed by atoms with E-state index in [0.717, 1.165) is 36.6 Å². The average Bonchev–Trinajstić information content (AvgIpc) is 3.12. The van der Waals surface area contributed by atoms with E-state index < -0.39 is 0 Å². The van der Waals surface area contributed by atoms with Gasteiger partial charge in [0, 0.05) is 19.1 Å². The minimum Gasteiger partial charge on any atom is -0.314 e. The third kappa shape index (κ3) is 2.69. The molecule has 1 saturated carbocycles. The van der Waals surface area contributed by atoms with Crippen LogP contribution in [0.25, 0.3) is 0 Å². The Kier molecular flexibility index (Phi) is 3.93. The number of rotatable bonds is 4. The van der Waals surface area contributed by atoms with Crippen LogP contribution in [0.4, 0.5) is 0 Å². The summed E-state index contributed by atoms with van der Waals surface area (Å²) in [5, 5.41) is 8.74. The fourth-order valence-electron chi connectivity index (χ4n) is 4.74. The van der Waals surface area contributed by atoms with Gasteiger partial charge in [0.25, 0.3) is 0 Å². The van der Waals surface area contributed by atoms with E-state index >= 15 is 0 Å². The summed E-state index contributed by atoms with van der Waals surface area (Å²) in [5.74, 6) is 3.82. The Balaban J connectivity index is 1.64. The largest absolute Gasteiger partial charge is 0.314 e. The molecule has 1 aromatic carbocycles. The Morgan fingerprint density at radius 2 is 1.96 bits per heavy atom. The number of hydrogen-bond acceptors (Lipinski definition) is 3. The average molecular weight is 310 g/mol. The zero-order valence-corrected chi connectivity index (χ0v) is 14.2. The summed E-state index contributed by atoms with van der Waals surface area (Å²) in [6.45, 7) is 7.29. The first kappa shape index (κ1) is 14.9. The van der Waals surface area contributed by atoms with Crippen LogP contribution in [0.15, 0.2) is 30.3 Å². The van der Waals surface area contributed by atoms with E-state index in [1.165, 1.54) is 31.4 Å². The molecule has 4 nitrogen and oxygen atoms in total. The maximum absolute atomic E-state index is 4.45. The lowest BCUT2D eigenvalue weighted by Crippen LogP contribution is -2.39. The molecule has 1 aliphatic carbocycles. The van der Waals surface area contributed by atoms with Crippen LogP contribution < -0.4 is 0 Å². The van der Waals surface area contributed by atoms with Crippen molar-refractivity contribution in [1.82, 2.24) is 19.7 Å². The van der Waals surface area contributed by atoms with Gasteiger partial charge in [-0.05, 0) is 50.5 Å². The first-order chi connectivity index (χ1) is 11.3. The molecule has 2 heterocycles. The number of benzene rings is 1. The van der Waals surface area contributed by atoms with Gasteiger partial charge in [0.05, 0.1) is 6.54 Å². The second kappa shape index (κ2) is 6.08. The van der Waals surface area contributed by atoms with Gasteiger partial charge in [-0.15, -0.1) is 10.2 Å². The number of nitrogens with zero attached hydrogens (tertiary/aromatic N) is 4. The molecule has 4 heteroatoms. The third-order valence-electron chi connectivity index (χ3n) is 5.73. The quantitative estimate of drug-likeness (QED) is 0.865. The van der Waals surface area contributed by atoms with Crippen molar-refractivity contribution in [3.63, 3.8) is 0 Å². The van der Waals surface area contributed by atoms with E-state index in [9.17, 15) is 0 Å². The van der Waals surface area contributed by atoms with Gasteiger partial charge in [0.15, 0.2) is 0 Å². The highest BCUT2D eigenvalue weighted by atomic mass is 15.3. The van der Waals surface area contributed by atoms with Gasteiger partial charge in [-0.3, -0.25) is 4.90 Å². The third-order valence-corrected chi connectivity index (χ3v) is 5.73. The molecular formula is C19H26N4. The predicted molar refractivity (Wildman–Crippen MR) is 90.9 cm³/mol. The van der Waals surface area contributed by atoms with Crippen molar-refractivity contribution in [2.45, 2.75) is 52.2 Å². The molecule has 122 valence electrons. The van der Waals surface area contributed by atoms with Gasteiger partial charge in [0.2, 0.25) is 0 Å². The molecule has 3 unspecified atom stereocenters. The number of fused-ring (bicyclic) bond motifs is 2. The van der Waals surface area contributed by atoms with Crippen LogP contribution in [0.3, 0.4) is 0 Å². The van der Waals surface area contributed by atoms with Crippen LogP contribution in [-0.4, -0.2) is 26.2 Å². The molecule has 2 aromatic rings. The Morgan fingerprint density at radius 3 is 2.74 bits per heavy atom. The summed E-state index contributed by atoms with van der Waals surface area (Å²) in [5.41, 5.74) is 1.47. The fraction of sp³-hybridized carbons (Fsp3) is 0.579. The van der Waals surface area contributed by atoms with Crippen LogP contribution in [0, 0.1) is 18.8 Å². The second-order valence-corrected chi connectivity index (χ2v) is 7.13. The monoisotopic (exact) mass is 310 g/mol. The van der Waals surface area contributed by atoms with E-state index in [-0.39, 0.29) is 0 Å². The first-order valence-electron chi connectivity index (χ1n) is 8.94. The zero-order valence-electron chi connectivity index (χ0n) is 14.2. The summed E-state index contributed by atoms with van der Waals surface area (Å²) in [4.78, 5) is 2.66. The minimum absolute atomic E-state index is 0.539. The SMILES string of the molecule is CCn1c(C)nnc1CN1CC2CCC(C2)C1c1ccccc1. The molecule has 2 fully saturated rings. The maximum Gasteiger partial charge on any atom is 0.147 e. The molecule has 1 saturated heterocycles. The van der Waals surface area contributed by atoms with Crippen molar-refractivity contribution in [3.8, 4) is 0 Å². The minimum atomic E-state index is 0.539. The van der Waals surface area contributed by atoms with Crippen LogP contribution >= 0.6 is 0 Å². The van der Waals surface area contributed by atoms with Gasteiger partial charge >= 0.3 is 0 Å². The molecule has 1 aliphatic heterocycles. The Morgan fingerprint density at radius 1 is 1.13 bits per heavy atom. The summed E-state index contributed by atoms with van der Waals surface area (Å²) in [6, 6.07) is 11.6. The van der Waals surface area contributed by atoms with Gasteiger partial charge in [0.1, 0.15) is 11.6 Å². The van der Waals surface area contributed by atoms with Crippen molar-refractivity contribution in [1.29, 1.82) is 0 Å². The number of aryl methyl sites for hydroxylation is 1. The first-order valence-corrected chi connectivity index (χ1v) is 8.94. The zero-order chi connectivity index (χ0) is 15.8. The van der Waals surface area contributed by atoms with Crippen molar-refractivity contribution >= 4 is 0 Å². The van der Waals surface area contributed by atoms with E-state index in [1.807, 2.05) is 0 Å². The molecule has 4 rings (SSSR count). The molecule has 0 amide bonds. The highest BCUT2D eigenvalue weighted by molar-refractivity contribution is 5.21. The normalized spacial score (nSPS) is 27.5. The standard InChI is InChI=1S/C19H26N4/c1-3-23-14(2)20-21-18(23)13-22-12-15-9-10-17(11-15)19(22)16-7-5-4-6-8-16/h4-8,15,17,19H,3,9-13H2,1-2H3. The molecular weight excluding hydrogens is 284 g/mol. The molecule has 0 spiro atoms. The van der Waals surface area contributed by atoms with E-state index in [0.29, 0.717) is 6.04 Å². The van der Waals surface area contributed by atoms with Crippen LogP contribution in [0.5, 0.6) is 0 Å². The molecule has 2 aliphatic rings. The highest BCUT2D eigenvalue weighted by Gasteiger charge is 2.41. The Hall–Kier alpha value is -1.68. The lowest BCUT2D eigenvalue weighted by Gasteiger charge is -2.40. The smallest absolute Gasteiger partial charge is 0.147 e. The predicted octanol–water partition coefficient (Wildman–Crippen LogP) is 3.58. The van der Waals surface area contributed by atoms with E-state index in [2.05, 4.69) is 63.8 Å². The van der Waals surface area contributed by atoms with E-state index in [1.54, 1.807) is 0 Å². The maximum atomic E-state index is 4.45. The van der Waals surface area contributed by atoms with Gasteiger partial charge < -0.3 is 4.57 Å².